The molecule has 5 rings (SSSR count). The van der Waals surface area contributed by atoms with Crippen LogP contribution >= 0.6 is 27.5 Å². The quantitative estimate of drug-likeness (QED) is 0.370. The van der Waals surface area contributed by atoms with Gasteiger partial charge in [-0.1, -0.05) is 47.4 Å². The van der Waals surface area contributed by atoms with Crippen molar-refractivity contribution >= 4 is 56.0 Å². The zero-order valence-electron chi connectivity index (χ0n) is 20.6. The lowest BCUT2D eigenvalue weighted by Gasteiger charge is -2.38. The minimum atomic E-state index is -0.522. The van der Waals surface area contributed by atoms with Crippen LogP contribution in [0.4, 0.5) is 10.5 Å². The average molecular weight is 559 g/mol. The standard InChI is InChI=1S/C27H29BrClN3O3/c1-26(2,3)35-25(34)32-10-8-31(9-11-32)21-14-18-17(13-19(21)29)23(33)22-16-7-6-15(28)12-20(16)30-24(22)27(18,4)5/h6-7,12-14,30H,8-11H2,1-5H3. The van der Waals surface area contributed by atoms with Gasteiger partial charge >= 0.3 is 6.09 Å². The number of nitrogens with one attached hydrogen (secondary N) is 1. The van der Waals surface area contributed by atoms with E-state index in [4.69, 9.17) is 16.3 Å². The van der Waals surface area contributed by atoms with Crippen LogP contribution in [0.1, 0.15) is 61.8 Å². The van der Waals surface area contributed by atoms with Crippen molar-refractivity contribution in [3.63, 3.8) is 0 Å². The highest BCUT2D eigenvalue weighted by atomic mass is 79.9. The Morgan fingerprint density at radius 1 is 1.11 bits per heavy atom. The van der Waals surface area contributed by atoms with Gasteiger partial charge in [0.1, 0.15) is 5.60 Å². The second kappa shape index (κ2) is 8.27. The van der Waals surface area contributed by atoms with Crippen LogP contribution in [0.25, 0.3) is 10.9 Å². The fourth-order valence-corrected chi connectivity index (χ4v) is 5.75. The first-order valence-electron chi connectivity index (χ1n) is 11.8. The van der Waals surface area contributed by atoms with E-state index in [0.717, 1.165) is 37.9 Å². The third-order valence-corrected chi connectivity index (χ3v) is 7.69. The van der Waals surface area contributed by atoms with E-state index < -0.39 is 11.0 Å². The number of rotatable bonds is 1. The van der Waals surface area contributed by atoms with Crippen molar-refractivity contribution in [2.45, 2.75) is 45.6 Å². The maximum Gasteiger partial charge on any atom is 0.410 e. The molecule has 1 aliphatic heterocycles. The summed E-state index contributed by atoms with van der Waals surface area (Å²) >= 11 is 10.3. The molecule has 0 radical (unpaired) electrons. The number of hydrogen-bond acceptors (Lipinski definition) is 4. The van der Waals surface area contributed by atoms with Gasteiger partial charge in [0, 0.05) is 58.2 Å². The van der Waals surface area contributed by atoms with Gasteiger partial charge in [0.2, 0.25) is 0 Å². The number of anilines is 1. The molecule has 1 aromatic heterocycles. The normalized spacial score (nSPS) is 17.4. The molecule has 1 aliphatic carbocycles. The lowest BCUT2D eigenvalue weighted by Crippen LogP contribution is -2.50. The zero-order chi connectivity index (χ0) is 25.3. The van der Waals surface area contributed by atoms with E-state index in [-0.39, 0.29) is 11.9 Å². The van der Waals surface area contributed by atoms with Gasteiger partial charge < -0.3 is 19.5 Å². The maximum atomic E-state index is 13.7. The second-order valence-electron chi connectivity index (χ2n) is 10.8. The number of carbonyl (C=O) groups is 2. The van der Waals surface area contributed by atoms with Crippen LogP contribution in [0.2, 0.25) is 5.02 Å². The SMILES string of the molecule is CC(C)(C)OC(=O)N1CCN(c2cc3c(cc2Cl)C(=O)c2c([nH]c4cc(Br)ccc24)C3(C)C)CC1. The summed E-state index contributed by atoms with van der Waals surface area (Å²) in [6, 6.07) is 9.82. The first kappa shape index (κ1) is 24.2. The van der Waals surface area contributed by atoms with Gasteiger partial charge in [0.25, 0.3) is 0 Å². The summed E-state index contributed by atoms with van der Waals surface area (Å²) in [5, 5.41) is 1.47. The van der Waals surface area contributed by atoms with E-state index in [1.165, 1.54) is 0 Å². The molecule has 0 bridgehead atoms. The molecule has 1 amide bonds. The van der Waals surface area contributed by atoms with Crippen molar-refractivity contribution in [2.75, 3.05) is 31.1 Å². The van der Waals surface area contributed by atoms with Gasteiger partial charge in [-0.25, -0.2) is 4.79 Å². The summed E-state index contributed by atoms with van der Waals surface area (Å²) in [7, 11) is 0. The molecule has 184 valence electrons. The molecule has 1 fully saturated rings. The third kappa shape index (κ3) is 4.12. The van der Waals surface area contributed by atoms with Crippen LogP contribution in [0.3, 0.4) is 0 Å². The molecule has 2 aliphatic rings. The molecule has 0 unspecified atom stereocenters. The Bertz CT molecular complexity index is 1360. The van der Waals surface area contributed by atoms with Crippen molar-refractivity contribution in [1.29, 1.82) is 0 Å². The summed E-state index contributed by atoms with van der Waals surface area (Å²) < 4.78 is 6.48. The predicted octanol–water partition coefficient (Wildman–Crippen LogP) is 6.51. The predicted molar refractivity (Wildman–Crippen MR) is 143 cm³/mol. The van der Waals surface area contributed by atoms with Crippen LogP contribution in [0.5, 0.6) is 0 Å². The number of amides is 1. The van der Waals surface area contributed by atoms with Crippen molar-refractivity contribution in [1.82, 2.24) is 9.88 Å². The number of benzene rings is 2. The largest absolute Gasteiger partial charge is 0.444 e. The summed E-state index contributed by atoms with van der Waals surface area (Å²) in [4.78, 5) is 33.6. The van der Waals surface area contributed by atoms with Crippen LogP contribution in [0, 0.1) is 0 Å². The molecule has 1 saturated heterocycles. The fraction of sp³-hybridized carbons (Fsp3) is 0.407. The summed E-state index contributed by atoms with van der Waals surface area (Å²) in [5.41, 5.74) is 4.13. The molecule has 35 heavy (non-hydrogen) atoms. The van der Waals surface area contributed by atoms with Crippen LogP contribution < -0.4 is 4.90 Å². The van der Waals surface area contributed by atoms with E-state index in [2.05, 4.69) is 45.7 Å². The smallest absolute Gasteiger partial charge is 0.410 e. The van der Waals surface area contributed by atoms with Crippen molar-refractivity contribution in [3.05, 3.63) is 62.2 Å². The molecular weight excluding hydrogens is 530 g/mol. The van der Waals surface area contributed by atoms with E-state index in [0.29, 0.717) is 36.8 Å². The van der Waals surface area contributed by atoms with Crippen LogP contribution in [-0.4, -0.2) is 53.5 Å². The van der Waals surface area contributed by atoms with E-state index in [1.54, 1.807) is 4.90 Å². The monoisotopic (exact) mass is 557 g/mol. The molecule has 1 N–H and O–H groups in total. The summed E-state index contributed by atoms with van der Waals surface area (Å²) in [6.45, 7) is 12.3. The number of H-pyrrole nitrogens is 1. The van der Waals surface area contributed by atoms with Crippen molar-refractivity contribution in [2.24, 2.45) is 0 Å². The topological polar surface area (TPSA) is 65.6 Å². The Kier molecular flexibility index (Phi) is 5.72. The summed E-state index contributed by atoms with van der Waals surface area (Å²) in [6.07, 6.45) is -0.293. The first-order valence-corrected chi connectivity index (χ1v) is 13.0. The molecule has 3 aromatic rings. The maximum absolute atomic E-state index is 13.7. The highest BCUT2D eigenvalue weighted by Crippen LogP contribution is 2.46. The number of piperazine rings is 1. The number of hydrogen-bond donors (Lipinski definition) is 1. The number of carbonyl (C=O) groups excluding carboxylic acids is 2. The van der Waals surface area contributed by atoms with Crippen LogP contribution in [-0.2, 0) is 10.2 Å². The van der Waals surface area contributed by atoms with Gasteiger partial charge in [-0.15, -0.1) is 0 Å². The lowest BCUT2D eigenvalue weighted by molar-refractivity contribution is 0.0240. The van der Waals surface area contributed by atoms with Crippen LogP contribution in [0.15, 0.2) is 34.8 Å². The second-order valence-corrected chi connectivity index (χ2v) is 12.1. The minimum Gasteiger partial charge on any atom is -0.444 e. The molecule has 0 atom stereocenters. The molecule has 0 saturated carbocycles. The number of nitrogens with zero attached hydrogens (tertiary/aromatic N) is 2. The number of ketones is 1. The number of aromatic nitrogens is 1. The van der Waals surface area contributed by atoms with Gasteiger partial charge in [0.15, 0.2) is 5.78 Å². The van der Waals surface area contributed by atoms with E-state index in [9.17, 15) is 9.59 Å². The highest BCUT2D eigenvalue weighted by Gasteiger charge is 2.40. The summed E-state index contributed by atoms with van der Waals surface area (Å²) in [5.74, 6) is -0.00825. The lowest BCUT2D eigenvalue weighted by atomic mass is 9.71. The van der Waals surface area contributed by atoms with Gasteiger partial charge in [-0.3, -0.25) is 4.79 Å². The Balaban J connectivity index is 1.47. The van der Waals surface area contributed by atoms with Gasteiger partial charge in [0.05, 0.1) is 16.3 Å². The Labute approximate surface area is 218 Å². The molecule has 8 heteroatoms. The van der Waals surface area contributed by atoms with Crippen molar-refractivity contribution < 1.29 is 14.3 Å². The molecule has 6 nitrogen and oxygen atoms in total. The molecular formula is C27H29BrClN3O3. The number of aromatic amines is 1. The Morgan fingerprint density at radius 2 is 1.80 bits per heavy atom. The number of halogens is 2. The van der Waals surface area contributed by atoms with Gasteiger partial charge in [-0.2, -0.15) is 0 Å². The third-order valence-electron chi connectivity index (χ3n) is 6.89. The average Bonchev–Trinajstić information content (AvgIpc) is 3.16. The number of fused-ring (bicyclic) bond motifs is 4. The highest BCUT2D eigenvalue weighted by molar-refractivity contribution is 9.10. The first-order chi connectivity index (χ1) is 16.4. The molecule has 0 spiro atoms. The minimum absolute atomic E-state index is 0.00825. The Hall–Kier alpha value is -2.51. The molecule has 2 heterocycles. The molecule has 2 aromatic carbocycles. The van der Waals surface area contributed by atoms with Gasteiger partial charge in [-0.05, 0) is 50.6 Å². The van der Waals surface area contributed by atoms with Crippen molar-refractivity contribution in [3.8, 4) is 0 Å². The van der Waals surface area contributed by atoms with E-state index in [1.807, 2.05) is 45.0 Å². The fourth-order valence-electron chi connectivity index (χ4n) is 5.11. The van der Waals surface area contributed by atoms with E-state index >= 15 is 0 Å². The number of ether oxygens (including phenoxy) is 1. The Morgan fingerprint density at radius 3 is 2.46 bits per heavy atom. The zero-order valence-corrected chi connectivity index (χ0v) is 22.9.